The van der Waals surface area contributed by atoms with Crippen LogP contribution in [0, 0.1) is 0 Å². The summed E-state index contributed by atoms with van der Waals surface area (Å²) in [6.45, 7) is 5.24. The summed E-state index contributed by atoms with van der Waals surface area (Å²) in [4.78, 5) is 0. The number of ether oxygens (including phenoxy) is 2. The van der Waals surface area contributed by atoms with Gasteiger partial charge in [0.25, 0.3) is 0 Å². The molecule has 0 radical (unpaired) electrons. The molecule has 0 aromatic heterocycles. The molecule has 1 rings (SSSR count). The Labute approximate surface area is 158 Å². The monoisotopic (exact) mass is 354 g/mol. The quantitative estimate of drug-likeness (QED) is 0.158. The van der Waals surface area contributed by atoms with Crippen molar-refractivity contribution in [1.29, 1.82) is 0 Å². The molecule has 0 bridgehead atoms. The van der Waals surface area contributed by atoms with Crippen LogP contribution in [-0.2, 0) is 9.47 Å². The lowest BCUT2D eigenvalue weighted by Crippen LogP contribution is -1.97. The van der Waals surface area contributed by atoms with Gasteiger partial charge in [0.2, 0.25) is 0 Å². The van der Waals surface area contributed by atoms with Crippen LogP contribution in [0.25, 0.3) is 0 Å². The van der Waals surface area contributed by atoms with Crippen molar-refractivity contribution in [2.45, 2.75) is 129 Å². The molecule has 0 aliphatic carbocycles. The van der Waals surface area contributed by atoms with Crippen LogP contribution in [0.15, 0.2) is 0 Å². The second kappa shape index (κ2) is 18.7. The second-order valence-electron chi connectivity index (χ2n) is 8.01. The summed E-state index contributed by atoms with van der Waals surface area (Å²) in [7, 11) is 0. The van der Waals surface area contributed by atoms with Crippen molar-refractivity contribution in [2.75, 3.05) is 19.8 Å². The Morgan fingerprint density at radius 1 is 0.600 bits per heavy atom. The molecule has 0 aromatic carbocycles. The van der Waals surface area contributed by atoms with E-state index in [1.165, 1.54) is 116 Å². The smallest absolute Gasteiger partial charge is 0.0810 e. The first-order valence-corrected chi connectivity index (χ1v) is 11.6. The lowest BCUT2D eigenvalue weighted by atomic mass is 10.0. The van der Waals surface area contributed by atoms with E-state index in [0.717, 1.165) is 19.8 Å². The molecule has 150 valence electrons. The van der Waals surface area contributed by atoms with E-state index in [1.54, 1.807) is 0 Å². The third-order valence-electron chi connectivity index (χ3n) is 5.36. The predicted molar refractivity (Wildman–Crippen MR) is 109 cm³/mol. The maximum Gasteiger partial charge on any atom is 0.0810 e. The summed E-state index contributed by atoms with van der Waals surface area (Å²) in [6, 6.07) is 0. The average molecular weight is 355 g/mol. The number of unbranched alkanes of at least 4 members (excludes halogenated alkanes) is 15. The van der Waals surface area contributed by atoms with Crippen LogP contribution in [0.1, 0.15) is 122 Å². The van der Waals surface area contributed by atoms with E-state index in [1.807, 2.05) is 0 Å². The van der Waals surface area contributed by atoms with Crippen molar-refractivity contribution >= 4 is 0 Å². The van der Waals surface area contributed by atoms with Gasteiger partial charge in [-0.05, 0) is 19.3 Å². The maximum absolute atomic E-state index is 5.73. The Bertz CT molecular complexity index is 250. The summed E-state index contributed by atoms with van der Waals surface area (Å²) in [5.74, 6) is 0. The molecule has 1 saturated heterocycles. The highest BCUT2D eigenvalue weighted by atomic mass is 16.6. The summed E-state index contributed by atoms with van der Waals surface area (Å²) >= 11 is 0. The molecule has 1 aliphatic heterocycles. The normalized spacial score (nSPS) is 16.4. The Balaban J connectivity index is 1.59. The second-order valence-corrected chi connectivity index (χ2v) is 8.01. The van der Waals surface area contributed by atoms with E-state index in [9.17, 15) is 0 Å². The number of hydrogen-bond donors (Lipinski definition) is 0. The zero-order valence-electron chi connectivity index (χ0n) is 17.2. The van der Waals surface area contributed by atoms with Crippen LogP contribution in [0.2, 0.25) is 0 Å². The molecule has 1 atom stereocenters. The average Bonchev–Trinajstić information content (AvgIpc) is 3.44. The Morgan fingerprint density at radius 3 is 1.44 bits per heavy atom. The van der Waals surface area contributed by atoms with Gasteiger partial charge in [-0.1, -0.05) is 103 Å². The first-order valence-electron chi connectivity index (χ1n) is 11.6. The zero-order valence-corrected chi connectivity index (χ0v) is 17.2. The van der Waals surface area contributed by atoms with Crippen molar-refractivity contribution < 1.29 is 9.47 Å². The summed E-state index contributed by atoms with van der Waals surface area (Å²) in [5, 5.41) is 0. The first kappa shape index (κ1) is 23.0. The van der Waals surface area contributed by atoms with Gasteiger partial charge in [-0.25, -0.2) is 0 Å². The summed E-state index contributed by atoms with van der Waals surface area (Å²) < 4.78 is 10.9. The van der Waals surface area contributed by atoms with Crippen molar-refractivity contribution in [3.05, 3.63) is 0 Å². The van der Waals surface area contributed by atoms with E-state index >= 15 is 0 Å². The van der Waals surface area contributed by atoms with Crippen LogP contribution in [0.4, 0.5) is 0 Å². The van der Waals surface area contributed by atoms with Crippen LogP contribution >= 0.6 is 0 Å². The summed E-state index contributed by atoms with van der Waals surface area (Å²) in [6.07, 6.45) is 25.6. The topological polar surface area (TPSA) is 21.8 Å². The van der Waals surface area contributed by atoms with E-state index in [2.05, 4.69) is 6.92 Å². The van der Waals surface area contributed by atoms with Gasteiger partial charge < -0.3 is 9.47 Å². The van der Waals surface area contributed by atoms with E-state index in [4.69, 9.17) is 9.47 Å². The molecular weight excluding hydrogens is 308 g/mol. The third kappa shape index (κ3) is 18.5. The minimum absolute atomic E-state index is 0.608. The van der Waals surface area contributed by atoms with Gasteiger partial charge in [-0.2, -0.15) is 0 Å². The van der Waals surface area contributed by atoms with Gasteiger partial charge >= 0.3 is 0 Å². The standard InChI is InChI=1S/C23H46O2/c1-2-3-4-5-6-7-8-9-10-11-12-13-14-17-20-24-21-18-15-16-19-23-22-25-23/h23H,2-22H2,1H3. The van der Waals surface area contributed by atoms with Crippen LogP contribution in [0.5, 0.6) is 0 Å². The van der Waals surface area contributed by atoms with Crippen LogP contribution in [-0.4, -0.2) is 25.9 Å². The molecule has 2 nitrogen and oxygen atoms in total. The molecule has 1 fully saturated rings. The molecule has 25 heavy (non-hydrogen) atoms. The molecule has 1 heterocycles. The van der Waals surface area contributed by atoms with Crippen molar-refractivity contribution in [3.8, 4) is 0 Å². The molecule has 2 heteroatoms. The Morgan fingerprint density at radius 2 is 1.00 bits per heavy atom. The fourth-order valence-electron chi connectivity index (χ4n) is 3.49. The maximum atomic E-state index is 5.73. The van der Waals surface area contributed by atoms with E-state index in [0.29, 0.717) is 6.10 Å². The zero-order chi connectivity index (χ0) is 17.8. The van der Waals surface area contributed by atoms with Gasteiger partial charge in [-0.15, -0.1) is 0 Å². The Kier molecular flexibility index (Phi) is 17.2. The molecule has 1 aliphatic rings. The molecule has 0 aromatic rings. The van der Waals surface area contributed by atoms with Gasteiger partial charge in [-0.3, -0.25) is 0 Å². The van der Waals surface area contributed by atoms with Crippen LogP contribution in [0.3, 0.4) is 0 Å². The van der Waals surface area contributed by atoms with E-state index in [-0.39, 0.29) is 0 Å². The largest absolute Gasteiger partial charge is 0.381 e. The molecule has 0 saturated carbocycles. The predicted octanol–water partition coefficient (Wildman–Crippen LogP) is 7.44. The molecular formula is C23H46O2. The van der Waals surface area contributed by atoms with Crippen LogP contribution < -0.4 is 0 Å². The van der Waals surface area contributed by atoms with Gasteiger partial charge in [0, 0.05) is 13.2 Å². The van der Waals surface area contributed by atoms with Gasteiger partial charge in [0.15, 0.2) is 0 Å². The third-order valence-corrected chi connectivity index (χ3v) is 5.36. The number of epoxide rings is 1. The highest BCUT2D eigenvalue weighted by Crippen LogP contribution is 2.17. The Hall–Kier alpha value is -0.0800. The highest BCUT2D eigenvalue weighted by Gasteiger charge is 2.20. The lowest BCUT2D eigenvalue weighted by molar-refractivity contribution is 0.125. The fraction of sp³-hybridized carbons (Fsp3) is 1.00. The number of rotatable bonds is 21. The molecule has 1 unspecified atom stereocenters. The molecule has 0 amide bonds. The van der Waals surface area contributed by atoms with Crippen molar-refractivity contribution in [3.63, 3.8) is 0 Å². The molecule has 0 N–H and O–H groups in total. The molecule has 0 spiro atoms. The van der Waals surface area contributed by atoms with Crippen molar-refractivity contribution in [1.82, 2.24) is 0 Å². The van der Waals surface area contributed by atoms with Crippen molar-refractivity contribution in [2.24, 2.45) is 0 Å². The minimum atomic E-state index is 0.608. The van der Waals surface area contributed by atoms with Gasteiger partial charge in [0.1, 0.15) is 0 Å². The number of hydrogen-bond acceptors (Lipinski definition) is 2. The fourth-order valence-corrected chi connectivity index (χ4v) is 3.49. The summed E-state index contributed by atoms with van der Waals surface area (Å²) in [5.41, 5.74) is 0. The highest BCUT2D eigenvalue weighted by molar-refractivity contribution is 4.68. The first-order chi connectivity index (χ1) is 12.4. The SMILES string of the molecule is CCCCCCCCCCCCCCCCOCCCCCC1CO1. The van der Waals surface area contributed by atoms with E-state index < -0.39 is 0 Å². The minimum Gasteiger partial charge on any atom is -0.381 e. The van der Waals surface area contributed by atoms with Gasteiger partial charge in [0.05, 0.1) is 12.7 Å². The lowest BCUT2D eigenvalue weighted by Gasteiger charge is -2.05.